The summed E-state index contributed by atoms with van der Waals surface area (Å²) < 4.78 is 22.7. The van der Waals surface area contributed by atoms with Crippen LogP contribution < -0.4 is 5.73 Å². The van der Waals surface area contributed by atoms with Crippen molar-refractivity contribution >= 4 is 15.7 Å². The molecule has 0 aliphatic rings. The number of hydrogen-bond donors (Lipinski definition) is 1. The van der Waals surface area contributed by atoms with E-state index in [1.807, 2.05) is 6.07 Å². The third-order valence-corrected chi connectivity index (χ3v) is 3.75. The number of hydrogen-bond acceptors (Lipinski definition) is 5. The highest BCUT2D eigenvalue weighted by atomic mass is 32.2. The number of nitriles is 1. The SMILES string of the molecule is CS(=O)(=O)c1ccc(-c2ccc(C#N)c(N)n2)cc1. The molecule has 19 heavy (non-hydrogen) atoms. The van der Waals surface area contributed by atoms with Crippen molar-refractivity contribution in [2.24, 2.45) is 0 Å². The fourth-order valence-electron chi connectivity index (χ4n) is 1.60. The molecule has 0 fully saturated rings. The zero-order chi connectivity index (χ0) is 14.0. The molecule has 0 aliphatic carbocycles. The zero-order valence-corrected chi connectivity index (χ0v) is 11.0. The van der Waals surface area contributed by atoms with E-state index >= 15 is 0 Å². The van der Waals surface area contributed by atoms with Crippen molar-refractivity contribution in [2.75, 3.05) is 12.0 Å². The van der Waals surface area contributed by atoms with Gasteiger partial charge in [0.2, 0.25) is 0 Å². The number of pyridine rings is 1. The predicted molar refractivity (Wildman–Crippen MR) is 71.9 cm³/mol. The average Bonchev–Trinajstić information content (AvgIpc) is 2.38. The summed E-state index contributed by atoms with van der Waals surface area (Å²) >= 11 is 0. The van der Waals surface area contributed by atoms with Crippen LogP contribution >= 0.6 is 0 Å². The Bertz CT molecular complexity index is 759. The molecule has 0 atom stereocenters. The lowest BCUT2D eigenvalue weighted by Gasteiger charge is -2.04. The number of nitrogen functional groups attached to an aromatic ring is 1. The summed E-state index contributed by atoms with van der Waals surface area (Å²) in [5, 5.41) is 8.77. The summed E-state index contributed by atoms with van der Waals surface area (Å²) in [6, 6.07) is 11.5. The lowest BCUT2D eigenvalue weighted by Crippen LogP contribution is -1.98. The Morgan fingerprint density at radius 3 is 2.26 bits per heavy atom. The maximum Gasteiger partial charge on any atom is 0.175 e. The first-order valence-electron chi connectivity index (χ1n) is 5.39. The molecule has 2 rings (SSSR count). The second-order valence-electron chi connectivity index (χ2n) is 4.04. The molecule has 0 saturated carbocycles. The van der Waals surface area contributed by atoms with E-state index in [0.717, 1.165) is 11.8 Å². The first kappa shape index (κ1) is 13.1. The van der Waals surface area contributed by atoms with Gasteiger partial charge in [0.1, 0.15) is 11.9 Å². The average molecular weight is 273 g/mol. The molecule has 1 aromatic carbocycles. The number of aromatic nitrogens is 1. The molecule has 96 valence electrons. The molecule has 0 spiro atoms. The standard InChI is InChI=1S/C13H11N3O2S/c1-19(17,18)11-5-2-9(3-6-11)12-7-4-10(8-14)13(15)16-12/h2-7H,1H3,(H2,15,16). The number of nitrogens with zero attached hydrogens (tertiary/aromatic N) is 2. The van der Waals surface area contributed by atoms with E-state index in [4.69, 9.17) is 11.0 Å². The second kappa shape index (κ2) is 4.71. The Labute approximate surface area is 111 Å². The smallest absolute Gasteiger partial charge is 0.175 e. The maximum atomic E-state index is 11.3. The van der Waals surface area contributed by atoms with Crippen LogP contribution in [0.3, 0.4) is 0 Å². The van der Waals surface area contributed by atoms with E-state index in [1.54, 1.807) is 24.3 Å². The summed E-state index contributed by atoms with van der Waals surface area (Å²) in [5.74, 6) is 0.159. The molecule has 0 radical (unpaired) electrons. The molecular weight excluding hydrogens is 262 g/mol. The van der Waals surface area contributed by atoms with Crippen molar-refractivity contribution in [2.45, 2.75) is 4.90 Å². The van der Waals surface area contributed by atoms with Crippen molar-refractivity contribution in [3.05, 3.63) is 42.0 Å². The van der Waals surface area contributed by atoms with Gasteiger partial charge >= 0.3 is 0 Å². The van der Waals surface area contributed by atoms with E-state index in [0.29, 0.717) is 11.3 Å². The lowest BCUT2D eigenvalue weighted by atomic mass is 10.1. The largest absolute Gasteiger partial charge is 0.383 e. The van der Waals surface area contributed by atoms with Crippen LogP contribution in [0.15, 0.2) is 41.3 Å². The quantitative estimate of drug-likeness (QED) is 0.896. The second-order valence-corrected chi connectivity index (χ2v) is 6.05. The monoisotopic (exact) mass is 273 g/mol. The summed E-state index contributed by atoms with van der Waals surface area (Å²) in [7, 11) is -3.21. The third kappa shape index (κ3) is 2.72. The van der Waals surface area contributed by atoms with Gasteiger partial charge in [-0.3, -0.25) is 0 Å². The minimum atomic E-state index is -3.21. The Kier molecular flexibility index (Phi) is 3.23. The highest BCUT2D eigenvalue weighted by Gasteiger charge is 2.08. The van der Waals surface area contributed by atoms with Gasteiger partial charge in [0.05, 0.1) is 16.2 Å². The normalized spacial score (nSPS) is 10.9. The number of benzene rings is 1. The Morgan fingerprint density at radius 2 is 1.79 bits per heavy atom. The molecule has 5 nitrogen and oxygen atoms in total. The fourth-order valence-corrected chi connectivity index (χ4v) is 2.23. The number of nitrogens with two attached hydrogens (primary N) is 1. The van der Waals surface area contributed by atoms with Gasteiger partial charge in [-0.2, -0.15) is 5.26 Å². The molecule has 1 heterocycles. The summed E-state index contributed by atoms with van der Waals surface area (Å²) in [4.78, 5) is 4.36. The molecule has 0 amide bonds. The van der Waals surface area contributed by atoms with Gasteiger partial charge in [0, 0.05) is 11.8 Å². The van der Waals surface area contributed by atoms with E-state index < -0.39 is 9.84 Å². The highest BCUT2D eigenvalue weighted by molar-refractivity contribution is 7.90. The van der Waals surface area contributed by atoms with E-state index in [9.17, 15) is 8.42 Å². The first-order chi connectivity index (χ1) is 8.91. The van der Waals surface area contributed by atoms with Crippen molar-refractivity contribution < 1.29 is 8.42 Å². The topological polar surface area (TPSA) is 96.8 Å². The van der Waals surface area contributed by atoms with E-state index in [-0.39, 0.29) is 10.7 Å². The molecule has 0 unspecified atom stereocenters. The van der Waals surface area contributed by atoms with Crippen LogP contribution in [-0.4, -0.2) is 19.7 Å². The number of anilines is 1. The molecule has 0 bridgehead atoms. The molecule has 0 saturated heterocycles. The van der Waals surface area contributed by atoms with Crippen LogP contribution in [0, 0.1) is 11.3 Å². The van der Waals surface area contributed by atoms with Crippen LogP contribution in [0.25, 0.3) is 11.3 Å². The van der Waals surface area contributed by atoms with Crippen LogP contribution in [0.4, 0.5) is 5.82 Å². The van der Waals surface area contributed by atoms with Gasteiger partial charge in [0.25, 0.3) is 0 Å². The first-order valence-corrected chi connectivity index (χ1v) is 7.28. The van der Waals surface area contributed by atoms with Crippen LogP contribution in [0.1, 0.15) is 5.56 Å². The van der Waals surface area contributed by atoms with Gasteiger partial charge in [-0.05, 0) is 24.3 Å². The van der Waals surface area contributed by atoms with E-state index in [1.165, 1.54) is 12.1 Å². The summed E-state index contributed by atoms with van der Waals surface area (Å²) in [5.41, 5.74) is 7.29. The number of rotatable bonds is 2. The van der Waals surface area contributed by atoms with Crippen LogP contribution in [-0.2, 0) is 9.84 Å². The van der Waals surface area contributed by atoms with Crippen LogP contribution in [0.5, 0.6) is 0 Å². The van der Waals surface area contributed by atoms with E-state index in [2.05, 4.69) is 4.98 Å². The van der Waals surface area contributed by atoms with Crippen molar-refractivity contribution in [3.8, 4) is 17.3 Å². The minimum Gasteiger partial charge on any atom is -0.383 e. The van der Waals surface area contributed by atoms with Gasteiger partial charge in [0.15, 0.2) is 9.84 Å². The van der Waals surface area contributed by atoms with Gasteiger partial charge in [-0.15, -0.1) is 0 Å². The summed E-state index contributed by atoms with van der Waals surface area (Å²) in [6.07, 6.45) is 1.15. The third-order valence-electron chi connectivity index (χ3n) is 2.62. The Hall–Kier alpha value is -2.39. The predicted octanol–water partition coefficient (Wildman–Crippen LogP) is 1.61. The minimum absolute atomic E-state index is 0.159. The highest BCUT2D eigenvalue weighted by Crippen LogP contribution is 2.21. The zero-order valence-electron chi connectivity index (χ0n) is 10.2. The Balaban J connectivity index is 2.44. The molecular formula is C13H11N3O2S. The maximum absolute atomic E-state index is 11.3. The van der Waals surface area contributed by atoms with Crippen molar-refractivity contribution in [1.29, 1.82) is 5.26 Å². The van der Waals surface area contributed by atoms with Crippen molar-refractivity contribution in [3.63, 3.8) is 0 Å². The lowest BCUT2D eigenvalue weighted by molar-refractivity contribution is 0.602. The Morgan fingerprint density at radius 1 is 1.16 bits per heavy atom. The number of sulfone groups is 1. The van der Waals surface area contributed by atoms with Gasteiger partial charge < -0.3 is 5.73 Å². The molecule has 6 heteroatoms. The summed E-state index contributed by atoms with van der Waals surface area (Å²) in [6.45, 7) is 0. The fraction of sp³-hybridized carbons (Fsp3) is 0.0769. The molecule has 2 aromatic rings. The van der Waals surface area contributed by atoms with Gasteiger partial charge in [-0.1, -0.05) is 12.1 Å². The molecule has 2 N–H and O–H groups in total. The van der Waals surface area contributed by atoms with Gasteiger partial charge in [-0.25, -0.2) is 13.4 Å². The molecule has 1 aromatic heterocycles. The van der Waals surface area contributed by atoms with Crippen molar-refractivity contribution in [1.82, 2.24) is 4.98 Å². The molecule has 0 aliphatic heterocycles. The van der Waals surface area contributed by atoms with Crippen LogP contribution in [0.2, 0.25) is 0 Å².